The standard InChI is InChI=1S/C20H28N6O2/c1-15(19(27)26-11-7-4-8-12-26)22-17-13-16(23-20(24-17)25(2)3)14-28-18-9-5-6-10-21-18/h5-6,9-10,13,15H,4,7-8,11-12,14H2,1-3H3,(H,22,23,24). The van der Waals surface area contributed by atoms with Crippen LogP contribution in [0, 0.1) is 0 Å². The summed E-state index contributed by atoms with van der Waals surface area (Å²) < 4.78 is 5.71. The van der Waals surface area contributed by atoms with Crippen molar-refractivity contribution in [1.82, 2.24) is 19.9 Å². The zero-order chi connectivity index (χ0) is 19.9. The molecule has 8 nitrogen and oxygen atoms in total. The third kappa shape index (κ3) is 5.31. The van der Waals surface area contributed by atoms with E-state index >= 15 is 0 Å². The Kier molecular flexibility index (Phi) is 6.62. The van der Waals surface area contributed by atoms with Gasteiger partial charge in [-0.25, -0.2) is 9.97 Å². The van der Waals surface area contributed by atoms with Gasteiger partial charge in [-0.1, -0.05) is 6.07 Å². The van der Waals surface area contributed by atoms with E-state index in [0.29, 0.717) is 23.3 Å². The van der Waals surface area contributed by atoms with Crippen molar-refractivity contribution in [2.24, 2.45) is 0 Å². The number of carbonyl (C=O) groups is 1. The number of nitrogens with zero attached hydrogens (tertiary/aromatic N) is 5. The fourth-order valence-electron chi connectivity index (χ4n) is 3.08. The van der Waals surface area contributed by atoms with Crippen LogP contribution in [0.25, 0.3) is 0 Å². The third-order valence-corrected chi connectivity index (χ3v) is 4.58. The molecule has 0 bridgehead atoms. The number of likely N-dealkylation sites (tertiary alicyclic amines) is 1. The number of amides is 1. The first-order chi connectivity index (χ1) is 13.5. The number of hydrogen-bond acceptors (Lipinski definition) is 7. The summed E-state index contributed by atoms with van der Waals surface area (Å²) >= 11 is 0. The molecule has 1 fully saturated rings. The topological polar surface area (TPSA) is 83.5 Å². The number of rotatable bonds is 7. The predicted octanol–water partition coefficient (Wildman–Crippen LogP) is 2.33. The molecule has 0 aromatic carbocycles. The number of anilines is 2. The monoisotopic (exact) mass is 384 g/mol. The zero-order valence-electron chi connectivity index (χ0n) is 16.8. The molecule has 1 N–H and O–H groups in total. The van der Waals surface area contributed by atoms with Crippen LogP contribution >= 0.6 is 0 Å². The first kappa shape index (κ1) is 19.9. The third-order valence-electron chi connectivity index (χ3n) is 4.58. The minimum atomic E-state index is -0.354. The molecule has 3 heterocycles. The Bertz CT molecular complexity index is 778. The molecule has 8 heteroatoms. The molecule has 3 rings (SSSR count). The Hall–Kier alpha value is -2.90. The van der Waals surface area contributed by atoms with Crippen LogP contribution in [0.15, 0.2) is 30.5 Å². The fraction of sp³-hybridized carbons (Fsp3) is 0.500. The van der Waals surface area contributed by atoms with E-state index in [1.807, 2.05) is 49.0 Å². The Morgan fingerprint density at radius 3 is 2.71 bits per heavy atom. The van der Waals surface area contributed by atoms with Crippen LogP contribution in [-0.2, 0) is 11.4 Å². The minimum Gasteiger partial charge on any atom is -0.471 e. The summed E-state index contributed by atoms with van der Waals surface area (Å²) in [5, 5.41) is 3.23. The average Bonchev–Trinajstić information content (AvgIpc) is 2.73. The van der Waals surface area contributed by atoms with Crippen LogP contribution in [0.5, 0.6) is 5.88 Å². The minimum absolute atomic E-state index is 0.107. The molecule has 1 aliphatic rings. The second-order valence-electron chi connectivity index (χ2n) is 7.15. The average molecular weight is 384 g/mol. The second kappa shape index (κ2) is 9.34. The molecule has 2 aromatic heterocycles. The normalized spacial score (nSPS) is 15.0. The summed E-state index contributed by atoms with van der Waals surface area (Å²) in [6, 6.07) is 6.97. The lowest BCUT2D eigenvalue weighted by Crippen LogP contribution is -2.44. The maximum absolute atomic E-state index is 12.7. The molecule has 0 spiro atoms. The number of nitrogens with one attached hydrogen (secondary N) is 1. The van der Waals surface area contributed by atoms with Gasteiger partial charge in [0, 0.05) is 45.5 Å². The molecule has 2 aromatic rings. The number of piperidine rings is 1. The number of pyridine rings is 1. The first-order valence-corrected chi connectivity index (χ1v) is 9.67. The van der Waals surface area contributed by atoms with Gasteiger partial charge >= 0.3 is 0 Å². The number of aromatic nitrogens is 3. The van der Waals surface area contributed by atoms with Gasteiger partial charge in [0.1, 0.15) is 18.5 Å². The Labute approximate surface area is 166 Å². The number of hydrogen-bond donors (Lipinski definition) is 1. The molecule has 1 unspecified atom stereocenters. The summed E-state index contributed by atoms with van der Waals surface area (Å²) in [6.45, 7) is 3.81. The summed E-state index contributed by atoms with van der Waals surface area (Å²) in [6.07, 6.45) is 5.03. The van der Waals surface area contributed by atoms with Gasteiger partial charge in [0.05, 0.1) is 5.69 Å². The van der Waals surface area contributed by atoms with E-state index in [-0.39, 0.29) is 18.6 Å². The summed E-state index contributed by atoms with van der Waals surface area (Å²) in [5.41, 5.74) is 0.712. The lowest BCUT2D eigenvalue weighted by Gasteiger charge is -2.29. The van der Waals surface area contributed by atoms with Gasteiger partial charge in [0.2, 0.25) is 17.7 Å². The number of carbonyl (C=O) groups excluding carboxylic acids is 1. The van der Waals surface area contributed by atoms with Gasteiger partial charge in [-0.2, -0.15) is 4.98 Å². The van der Waals surface area contributed by atoms with Crippen molar-refractivity contribution < 1.29 is 9.53 Å². The van der Waals surface area contributed by atoms with E-state index in [0.717, 1.165) is 25.9 Å². The van der Waals surface area contributed by atoms with Gasteiger partial charge in [-0.15, -0.1) is 0 Å². The van der Waals surface area contributed by atoms with Crippen LogP contribution in [0.2, 0.25) is 0 Å². The molecular formula is C20H28N6O2. The summed E-state index contributed by atoms with van der Waals surface area (Å²) in [7, 11) is 3.76. The molecule has 1 atom stereocenters. The van der Waals surface area contributed by atoms with Crippen LogP contribution in [0.4, 0.5) is 11.8 Å². The van der Waals surface area contributed by atoms with Gasteiger partial charge in [0.25, 0.3) is 0 Å². The largest absolute Gasteiger partial charge is 0.471 e. The molecule has 1 amide bonds. The van der Waals surface area contributed by atoms with E-state index in [2.05, 4.69) is 20.3 Å². The van der Waals surface area contributed by atoms with Crippen LogP contribution in [0.1, 0.15) is 31.9 Å². The van der Waals surface area contributed by atoms with Gasteiger partial charge in [-0.05, 0) is 32.3 Å². The van der Waals surface area contributed by atoms with Gasteiger partial charge in [-0.3, -0.25) is 4.79 Å². The first-order valence-electron chi connectivity index (χ1n) is 9.67. The van der Waals surface area contributed by atoms with Crippen LogP contribution in [-0.4, -0.2) is 59.0 Å². The van der Waals surface area contributed by atoms with Crippen molar-refractivity contribution in [2.75, 3.05) is 37.4 Å². The quantitative estimate of drug-likeness (QED) is 0.784. The Balaban J connectivity index is 1.70. The summed E-state index contributed by atoms with van der Waals surface area (Å²) in [5.74, 6) is 1.81. The molecule has 28 heavy (non-hydrogen) atoms. The van der Waals surface area contributed by atoms with Gasteiger partial charge in [0.15, 0.2) is 0 Å². The van der Waals surface area contributed by atoms with Gasteiger partial charge < -0.3 is 19.9 Å². The van der Waals surface area contributed by atoms with Crippen molar-refractivity contribution in [3.8, 4) is 5.88 Å². The maximum atomic E-state index is 12.7. The van der Waals surface area contributed by atoms with Crippen LogP contribution < -0.4 is 15.0 Å². The van der Waals surface area contributed by atoms with E-state index in [9.17, 15) is 4.79 Å². The molecular weight excluding hydrogens is 356 g/mol. The molecule has 0 saturated carbocycles. The molecule has 0 aliphatic carbocycles. The lowest BCUT2D eigenvalue weighted by molar-refractivity contribution is -0.132. The number of ether oxygens (including phenoxy) is 1. The zero-order valence-corrected chi connectivity index (χ0v) is 16.8. The maximum Gasteiger partial charge on any atom is 0.244 e. The predicted molar refractivity (Wildman–Crippen MR) is 108 cm³/mol. The SMILES string of the molecule is CC(Nc1cc(COc2ccccn2)nc(N(C)C)n1)C(=O)N1CCCCC1. The highest BCUT2D eigenvalue weighted by molar-refractivity contribution is 5.84. The lowest BCUT2D eigenvalue weighted by atomic mass is 10.1. The molecule has 0 radical (unpaired) electrons. The van der Waals surface area contributed by atoms with E-state index in [1.165, 1.54) is 6.42 Å². The van der Waals surface area contributed by atoms with Crippen molar-refractivity contribution in [3.63, 3.8) is 0 Å². The highest BCUT2D eigenvalue weighted by Gasteiger charge is 2.22. The van der Waals surface area contributed by atoms with E-state index in [4.69, 9.17) is 4.74 Å². The van der Waals surface area contributed by atoms with Crippen LogP contribution in [0.3, 0.4) is 0 Å². The van der Waals surface area contributed by atoms with E-state index in [1.54, 1.807) is 12.3 Å². The smallest absolute Gasteiger partial charge is 0.244 e. The summed E-state index contributed by atoms with van der Waals surface area (Å²) in [4.78, 5) is 29.6. The Morgan fingerprint density at radius 2 is 2.04 bits per heavy atom. The fourth-order valence-corrected chi connectivity index (χ4v) is 3.08. The highest BCUT2D eigenvalue weighted by Crippen LogP contribution is 2.17. The molecule has 1 aliphatic heterocycles. The van der Waals surface area contributed by atoms with Crippen molar-refractivity contribution in [2.45, 2.75) is 38.8 Å². The van der Waals surface area contributed by atoms with E-state index < -0.39 is 0 Å². The van der Waals surface area contributed by atoms with Crippen molar-refractivity contribution >= 4 is 17.7 Å². The Morgan fingerprint density at radius 1 is 1.25 bits per heavy atom. The second-order valence-corrected chi connectivity index (χ2v) is 7.15. The van der Waals surface area contributed by atoms with Crippen molar-refractivity contribution in [1.29, 1.82) is 0 Å². The van der Waals surface area contributed by atoms with Crippen molar-refractivity contribution in [3.05, 3.63) is 36.2 Å². The molecule has 150 valence electrons. The highest BCUT2D eigenvalue weighted by atomic mass is 16.5. The molecule has 1 saturated heterocycles.